The summed E-state index contributed by atoms with van der Waals surface area (Å²) in [5, 5.41) is 19.5. The topological polar surface area (TPSA) is 62.0 Å². The van der Waals surface area contributed by atoms with E-state index in [0.29, 0.717) is 5.69 Å². The minimum atomic E-state index is -0.490. The summed E-state index contributed by atoms with van der Waals surface area (Å²) in [5.41, 5.74) is 0.377. The van der Waals surface area contributed by atoms with Crippen LogP contribution < -0.4 is 0 Å². The van der Waals surface area contributed by atoms with E-state index >= 15 is 0 Å². The van der Waals surface area contributed by atoms with Gasteiger partial charge in [-0.05, 0) is 25.3 Å². The number of nitrogens with zero attached hydrogens (tertiary/aromatic N) is 2. The van der Waals surface area contributed by atoms with E-state index in [0.717, 1.165) is 10.8 Å². The van der Waals surface area contributed by atoms with Crippen LogP contribution >= 0.6 is 0 Å². The van der Waals surface area contributed by atoms with E-state index < -0.39 is 6.04 Å². The van der Waals surface area contributed by atoms with Gasteiger partial charge < -0.3 is 5.11 Å². The van der Waals surface area contributed by atoms with E-state index in [4.69, 9.17) is 0 Å². The Hall–Kier alpha value is -2.23. The zero-order valence-electron chi connectivity index (χ0n) is 10.3. The Bertz CT molecular complexity index is 620. The van der Waals surface area contributed by atoms with Gasteiger partial charge in [-0.3, -0.25) is 4.79 Å². The molecule has 0 heterocycles. The number of ketones is 1. The molecule has 1 unspecified atom stereocenters. The third kappa shape index (κ3) is 2.37. The first kappa shape index (κ1) is 12.2. The molecule has 18 heavy (non-hydrogen) atoms. The molecule has 0 aliphatic heterocycles. The molecule has 1 atom stereocenters. The predicted octanol–water partition coefficient (Wildman–Crippen LogP) is 3.61. The van der Waals surface area contributed by atoms with Gasteiger partial charge in [0, 0.05) is 5.39 Å². The van der Waals surface area contributed by atoms with Crippen molar-refractivity contribution in [2.24, 2.45) is 10.2 Å². The second kappa shape index (κ2) is 4.96. The molecule has 4 heteroatoms. The lowest BCUT2D eigenvalue weighted by Gasteiger charge is -2.04. The van der Waals surface area contributed by atoms with E-state index in [-0.39, 0.29) is 11.5 Å². The number of rotatable bonds is 3. The van der Waals surface area contributed by atoms with Gasteiger partial charge in [0.05, 0.1) is 0 Å². The Morgan fingerprint density at radius 2 is 1.94 bits per heavy atom. The summed E-state index contributed by atoms with van der Waals surface area (Å²) in [7, 11) is 0. The average molecular weight is 242 g/mol. The second-order valence-electron chi connectivity index (χ2n) is 4.16. The lowest BCUT2D eigenvalue weighted by atomic mass is 10.1. The molecule has 0 bridgehead atoms. The summed E-state index contributed by atoms with van der Waals surface area (Å²) < 4.78 is 0. The van der Waals surface area contributed by atoms with Crippen molar-refractivity contribution < 1.29 is 9.90 Å². The molecule has 0 radical (unpaired) electrons. The SMILES string of the molecule is CC(=O)C(C)N=Nc1ccc2ccccc2c1O. The van der Waals surface area contributed by atoms with Crippen molar-refractivity contribution in [3.63, 3.8) is 0 Å². The fourth-order valence-electron chi connectivity index (χ4n) is 1.55. The number of phenolic OH excluding ortho intramolecular Hbond substituents is 1. The lowest BCUT2D eigenvalue weighted by molar-refractivity contribution is -0.117. The van der Waals surface area contributed by atoms with E-state index in [1.54, 1.807) is 13.0 Å². The van der Waals surface area contributed by atoms with Gasteiger partial charge in [0.1, 0.15) is 11.7 Å². The van der Waals surface area contributed by atoms with E-state index in [1.165, 1.54) is 6.92 Å². The van der Waals surface area contributed by atoms with Crippen molar-refractivity contribution in [1.29, 1.82) is 0 Å². The molecular weight excluding hydrogens is 228 g/mol. The van der Waals surface area contributed by atoms with E-state index in [2.05, 4.69) is 10.2 Å². The van der Waals surface area contributed by atoms with Crippen LogP contribution in [0.15, 0.2) is 46.6 Å². The number of hydrogen-bond donors (Lipinski definition) is 1. The normalized spacial score (nSPS) is 13.0. The van der Waals surface area contributed by atoms with Crippen molar-refractivity contribution in [3.8, 4) is 5.75 Å². The molecule has 0 fully saturated rings. The maximum Gasteiger partial charge on any atom is 0.155 e. The second-order valence-corrected chi connectivity index (χ2v) is 4.16. The number of benzene rings is 2. The highest BCUT2D eigenvalue weighted by atomic mass is 16.3. The molecule has 2 aromatic carbocycles. The Morgan fingerprint density at radius 1 is 1.22 bits per heavy atom. The molecule has 0 saturated heterocycles. The van der Waals surface area contributed by atoms with Crippen LogP contribution in [0.2, 0.25) is 0 Å². The van der Waals surface area contributed by atoms with Crippen LogP contribution in [0.4, 0.5) is 5.69 Å². The Labute approximate surface area is 105 Å². The van der Waals surface area contributed by atoms with Crippen molar-refractivity contribution in [2.45, 2.75) is 19.9 Å². The van der Waals surface area contributed by atoms with Gasteiger partial charge in [0.2, 0.25) is 0 Å². The van der Waals surface area contributed by atoms with Crippen molar-refractivity contribution in [2.75, 3.05) is 0 Å². The fourth-order valence-corrected chi connectivity index (χ4v) is 1.55. The molecule has 1 N–H and O–H groups in total. The standard InChI is InChI=1S/C14H14N2O2/c1-9(10(2)17)15-16-13-8-7-11-5-3-4-6-12(11)14(13)18/h3-9,18H,1-2H3. The molecule has 0 spiro atoms. The third-order valence-electron chi connectivity index (χ3n) is 2.81. The first-order valence-electron chi connectivity index (χ1n) is 5.71. The van der Waals surface area contributed by atoms with Gasteiger partial charge in [0.25, 0.3) is 0 Å². The summed E-state index contributed by atoms with van der Waals surface area (Å²) >= 11 is 0. The number of carbonyl (C=O) groups is 1. The zero-order valence-corrected chi connectivity index (χ0v) is 10.3. The van der Waals surface area contributed by atoms with E-state index in [9.17, 15) is 9.90 Å². The molecule has 0 aliphatic carbocycles. The number of azo groups is 1. The molecule has 92 valence electrons. The van der Waals surface area contributed by atoms with Crippen LogP contribution in [-0.4, -0.2) is 16.9 Å². The first-order chi connectivity index (χ1) is 8.59. The largest absolute Gasteiger partial charge is 0.505 e. The van der Waals surface area contributed by atoms with Crippen LogP contribution in [-0.2, 0) is 4.79 Å². The molecule has 0 aliphatic rings. The smallest absolute Gasteiger partial charge is 0.155 e. The number of Topliss-reactive ketones (excluding diaryl/α,β-unsaturated/α-hetero) is 1. The van der Waals surface area contributed by atoms with Gasteiger partial charge in [-0.25, -0.2) is 0 Å². The molecule has 2 rings (SSSR count). The highest BCUT2D eigenvalue weighted by Crippen LogP contribution is 2.34. The maximum atomic E-state index is 11.0. The average Bonchev–Trinajstić information content (AvgIpc) is 2.38. The van der Waals surface area contributed by atoms with Crippen LogP contribution in [0, 0.1) is 0 Å². The molecule has 4 nitrogen and oxygen atoms in total. The highest BCUT2D eigenvalue weighted by molar-refractivity contribution is 5.92. The number of carbonyl (C=O) groups excluding carboxylic acids is 1. The molecule has 0 amide bonds. The van der Waals surface area contributed by atoms with Crippen LogP contribution in [0.25, 0.3) is 10.8 Å². The zero-order chi connectivity index (χ0) is 13.1. The van der Waals surface area contributed by atoms with Gasteiger partial charge in [-0.15, -0.1) is 0 Å². The minimum absolute atomic E-state index is 0.0565. The third-order valence-corrected chi connectivity index (χ3v) is 2.81. The predicted molar refractivity (Wildman–Crippen MR) is 70.3 cm³/mol. The van der Waals surface area contributed by atoms with Crippen LogP contribution in [0.1, 0.15) is 13.8 Å². The monoisotopic (exact) mass is 242 g/mol. The van der Waals surface area contributed by atoms with Crippen LogP contribution in [0.3, 0.4) is 0 Å². The summed E-state index contributed by atoms with van der Waals surface area (Å²) in [6.45, 7) is 3.13. The number of hydrogen-bond acceptors (Lipinski definition) is 4. The van der Waals surface area contributed by atoms with Gasteiger partial charge in [-0.2, -0.15) is 10.2 Å². The Balaban J connectivity index is 2.41. The summed E-state index contributed by atoms with van der Waals surface area (Å²) in [6.07, 6.45) is 0. The quantitative estimate of drug-likeness (QED) is 0.836. The molecular formula is C14H14N2O2. The van der Waals surface area contributed by atoms with Gasteiger partial charge in [0.15, 0.2) is 11.5 Å². The number of aromatic hydroxyl groups is 1. The minimum Gasteiger partial charge on any atom is -0.505 e. The fraction of sp³-hybridized carbons (Fsp3) is 0.214. The Morgan fingerprint density at radius 3 is 2.67 bits per heavy atom. The summed E-state index contributed by atoms with van der Waals surface area (Å²) in [6, 6.07) is 10.5. The van der Waals surface area contributed by atoms with Gasteiger partial charge >= 0.3 is 0 Å². The molecule has 2 aromatic rings. The summed E-state index contributed by atoms with van der Waals surface area (Å²) in [5.74, 6) is 0.0339. The Kier molecular flexibility index (Phi) is 3.37. The van der Waals surface area contributed by atoms with Crippen molar-refractivity contribution >= 4 is 22.2 Å². The molecule has 0 saturated carbocycles. The first-order valence-corrected chi connectivity index (χ1v) is 5.71. The van der Waals surface area contributed by atoms with E-state index in [1.807, 2.05) is 30.3 Å². The number of fused-ring (bicyclic) bond motifs is 1. The lowest BCUT2D eigenvalue weighted by Crippen LogP contribution is -2.08. The molecule has 0 aromatic heterocycles. The summed E-state index contributed by atoms with van der Waals surface area (Å²) in [4.78, 5) is 11.0. The van der Waals surface area contributed by atoms with Crippen molar-refractivity contribution in [1.82, 2.24) is 0 Å². The van der Waals surface area contributed by atoms with Crippen LogP contribution in [0.5, 0.6) is 5.75 Å². The number of phenols is 1. The highest BCUT2D eigenvalue weighted by Gasteiger charge is 2.07. The van der Waals surface area contributed by atoms with Crippen molar-refractivity contribution in [3.05, 3.63) is 36.4 Å². The maximum absolute atomic E-state index is 11.0. The van der Waals surface area contributed by atoms with Gasteiger partial charge in [-0.1, -0.05) is 30.3 Å².